The smallest absolute Gasteiger partial charge is 0.283 e. The van der Waals surface area contributed by atoms with Crippen LogP contribution < -0.4 is 9.80 Å². The van der Waals surface area contributed by atoms with E-state index in [-0.39, 0.29) is 24.8 Å². The van der Waals surface area contributed by atoms with Crippen LogP contribution in [0, 0.1) is 0 Å². The Morgan fingerprint density at radius 3 is 2.64 bits per heavy atom. The fourth-order valence-electron chi connectivity index (χ4n) is 2.17. The first-order valence-electron chi connectivity index (χ1n) is 6.80. The quantitative estimate of drug-likeness (QED) is 0.703. The molecule has 1 N–H and O–H groups in total. The normalized spacial score (nSPS) is 16.5. The number of amides is 2. The highest BCUT2D eigenvalue weighted by Gasteiger charge is 2.21. The Morgan fingerprint density at radius 1 is 1.41 bits per heavy atom. The molecule has 1 unspecified atom stereocenters. The zero-order valence-corrected chi connectivity index (χ0v) is 13.7. The van der Waals surface area contributed by atoms with E-state index in [1.165, 1.54) is 4.90 Å². The lowest BCUT2D eigenvalue weighted by Gasteiger charge is -2.28. The van der Waals surface area contributed by atoms with Crippen LogP contribution in [0.1, 0.15) is 0 Å². The highest BCUT2D eigenvalue weighted by Crippen LogP contribution is 2.23. The van der Waals surface area contributed by atoms with Gasteiger partial charge in [0.1, 0.15) is 6.61 Å². The molecule has 0 bridgehead atoms. The van der Waals surface area contributed by atoms with Crippen LogP contribution in [0.4, 0.5) is 16.2 Å². The molecular formula is C14H18N2O4S2. The van der Waals surface area contributed by atoms with Gasteiger partial charge in [-0.1, -0.05) is 12.6 Å². The number of ether oxygens (including phenoxy) is 1. The van der Waals surface area contributed by atoms with Crippen LogP contribution in [0.25, 0.3) is 0 Å². The van der Waals surface area contributed by atoms with Gasteiger partial charge in [0.25, 0.3) is 11.1 Å². The lowest BCUT2D eigenvalue weighted by Crippen LogP contribution is -2.41. The summed E-state index contributed by atoms with van der Waals surface area (Å²) in [6.07, 6.45) is -0.736. The number of hydrogen-bond donors (Lipinski definition) is 3. The van der Waals surface area contributed by atoms with Crippen LogP contribution in [0.15, 0.2) is 24.3 Å². The Hall–Kier alpha value is -1.22. The molecule has 0 radical (unpaired) electrons. The summed E-state index contributed by atoms with van der Waals surface area (Å²) in [5.41, 5.74) is 1.35. The molecule has 0 aromatic heterocycles. The van der Waals surface area contributed by atoms with Gasteiger partial charge in [0.15, 0.2) is 0 Å². The van der Waals surface area contributed by atoms with Crippen molar-refractivity contribution in [2.75, 3.05) is 41.9 Å². The van der Waals surface area contributed by atoms with Gasteiger partial charge < -0.3 is 19.6 Å². The number of rotatable bonds is 5. The van der Waals surface area contributed by atoms with Crippen molar-refractivity contribution in [3.63, 3.8) is 0 Å². The fraction of sp³-hybridized carbons (Fsp3) is 0.429. The molecule has 1 aliphatic rings. The van der Waals surface area contributed by atoms with E-state index in [2.05, 4.69) is 25.3 Å². The van der Waals surface area contributed by atoms with E-state index < -0.39 is 11.3 Å². The lowest BCUT2D eigenvalue weighted by atomic mass is 10.2. The molecule has 1 atom stereocenters. The van der Waals surface area contributed by atoms with E-state index in [4.69, 9.17) is 4.74 Å². The maximum Gasteiger partial charge on any atom is 0.283 e. The molecule has 1 aliphatic heterocycles. The highest BCUT2D eigenvalue weighted by atomic mass is 32.1. The molecule has 0 aliphatic carbocycles. The predicted molar refractivity (Wildman–Crippen MR) is 91.2 cm³/mol. The maximum absolute atomic E-state index is 11.8. The lowest BCUT2D eigenvalue weighted by molar-refractivity contribution is -0.125. The second-order valence-corrected chi connectivity index (χ2v) is 5.59. The molecular weight excluding hydrogens is 324 g/mol. The van der Waals surface area contributed by atoms with Crippen LogP contribution in [0.5, 0.6) is 0 Å². The maximum atomic E-state index is 11.8. The minimum Gasteiger partial charge on any atom is -0.390 e. The van der Waals surface area contributed by atoms with Gasteiger partial charge in [-0.25, -0.2) is 0 Å². The summed E-state index contributed by atoms with van der Waals surface area (Å²) >= 11 is 7.83. The molecule has 1 heterocycles. The molecule has 2 amide bonds. The van der Waals surface area contributed by atoms with Crippen molar-refractivity contribution >= 4 is 47.8 Å². The molecule has 22 heavy (non-hydrogen) atoms. The third-order valence-corrected chi connectivity index (χ3v) is 3.96. The van der Waals surface area contributed by atoms with Crippen molar-refractivity contribution in [3.05, 3.63) is 24.3 Å². The number of morpholine rings is 1. The van der Waals surface area contributed by atoms with Crippen molar-refractivity contribution in [1.29, 1.82) is 0 Å². The summed E-state index contributed by atoms with van der Waals surface area (Å²) in [6.45, 7) is 1.20. The molecule has 6 nitrogen and oxygen atoms in total. The van der Waals surface area contributed by atoms with Gasteiger partial charge in [-0.05, 0) is 24.3 Å². The number of thiol groups is 2. The number of nitrogens with zero attached hydrogens (tertiary/aromatic N) is 2. The summed E-state index contributed by atoms with van der Waals surface area (Å²) in [5, 5.41) is 9.20. The second kappa shape index (κ2) is 7.87. The van der Waals surface area contributed by atoms with Crippen molar-refractivity contribution in [1.82, 2.24) is 0 Å². The van der Waals surface area contributed by atoms with Gasteiger partial charge in [-0.15, -0.1) is 0 Å². The van der Waals surface area contributed by atoms with Crippen LogP contribution in [0.2, 0.25) is 0 Å². The van der Waals surface area contributed by atoms with E-state index in [1.54, 1.807) is 29.2 Å². The van der Waals surface area contributed by atoms with E-state index in [0.717, 1.165) is 5.69 Å². The van der Waals surface area contributed by atoms with Crippen LogP contribution in [0.3, 0.4) is 0 Å². The number of carbonyl (C=O) groups is 2. The van der Waals surface area contributed by atoms with Crippen LogP contribution in [-0.4, -0.2) is 54.4 Å². The predicted octanol–water partition coefficient (Wildman–Crippen LogP) is 1.20. The standard InChI is InChI=1S/C14H18N2O4S2/c17-12(9-21)7-16(14(19)22)11-3-1-10(2-4-11)15-5-6-20-8-13(15)18/h1-4,12,17,21H,5-9H2,(H,19,22). The zero-order chi connectivity index (χ0) is 16.1. The number of aliphatic hydroxyl groups is 1. The van der Waals surface area contributed by atoms with E-state index >= 15 is 0 Å². The number of anilines is 2. The van der Waals surface area contributed by atoms with Crippen molar-refractivity contribution in [2.24, 2.45) is 0 Å². The fourth-order valence-corrected chi connectivity index (χ4v) is 2.48. The first-order chi connectivity index (χ1) is 10.5. The molecule has 2 rings (SSSR count). The summed E-state index contributed by atoms with van der Waals surface area (Å²) < 4.78 is 5.09. The molecule has 1 aromatic carbocycles. The Bertz CT molecular complexity index is 538. The van der Waals surface area contributed by atoms with E-state index in [0.29, 0.717) is 18.8 Å². The van der Waals surface area contributed by atoms with Crippen LogP contribution >= 0.6 is 25.3 Å². The highest BCUT2D eigenvalue weighted by molar-refractivity contribution is 7.96. The number of benzene rings is 1. The van der Waals surface area contributed by atoms with E-state index in [1.807, 2.05) is 0 Å². The SMILES string of the molecule is O=C(S)N(CC(O)CS)c1ccc(N2CCOCC2=O)cc1. The Morgan fingerprint density at radius 2 is 2.09 bits per heavy atom. The zero-order valence-electron chi connectivity index (χ0n) is 11.9. The average Bonchev–Trinajstić information content (AvgIpc) is 2.53. The van der Waals surface area contributed by atoms with Gasteiger partial charge >= 0.3 is 0 Å². The van der Waals surface area contributed by atoms with Crippen molar-refractivity contribution < 1.29 is 19.4 Å². The van der Waals surface area contributed by atoms with E-state index in [9.17, 15) is 14.7 Å². The topological polar surface area (TPSA) is 70.1 Å². The molecule has 1 aromatic rings. The summed E-state index contributed by atoms with van der Waals surface area (Å²) in [6, 6.07) is 6.96. The monoisotopic (exact) mass is 342 g/mol. The number of carbonyl (C=O) groups excluding carboxylic acids is 2. The van der Waals surface area contributed by atoms with Gasteiger partial charge in [0.2, 0.25) is 0 Å². The summed E-state index contributed by atoms with van der Waals surface area (Å²) in [4.78, 5) is 26.4. The third-order valence-electron chi connectivity index (χ3n) is 3.29. The molecule has 8 heteroatoms. The minimum absolute atomic E-state index is 0.0805. The molecule has 120 valence electrons. The first kappa shape index (κ1) is 17.1. The van der Waals surface area contributed by atoms with Gasteiger partial charge in [0.05, 0.1) is 19.3 Å². The Kier molecular flexibility index (Phi) is 6.13. The summed E-state index contributed by atoms with van der Waals surface area (Å²) in [5.74, 6) is 0.157. The van der Waals surface area contributed by atoms with Gasteiger partial charge in [-0.2, -0.15) is 12.6 Å². The van der Waals surface area contributed by atoms with Crippen molar-refractivity contribution in [3.8, 4) is 0 Å². The second-order valence-electron chi connectivity index (χ2n) is 4.84. The minimum atomic E-state index is -0.736. The number of aliphatic hydroxyl groups excluding tert-OH is 1. The third kappa shape index (κ3) is 4.16. The first-order valence-corrected chi connectivity index (χ1v) is 7.88. The molecule has 0 spiro atoms. The summed E-state index contributed by atoms with van der Waals surface area (Å²) in [7, 11) is 0. The molecule has 0 saturated carbocycles. The van der Waals surface area contributed by atoms with Gasteiger partial charge in [-0.3, -0.25) is 9.59 Å². The van der Waals surface area contributed by atoms with Gasteiger partial charge in [0, 0.05) is 23.7 Å². The van der Waals surface area contributed by atoms with Crippen LogP contribution in [-0.2, 0) is 9.53 Å². The average molecular weight is 342 g/mol. The Balaban J connectivity index is 2.15. The largest absolute Gasteiger partial charge is 0.390 e. The molecule has 1 fully saturated rings. The number of hydrogen-bond acceptors (Lipinski definition) is 5. The Labute approximate surface area is 139 Å². The van der Waals surface area contributed by atoms with Crippen molar-refractivity contribution in [2.45, 2.75) is 6.10 Å². The molecule has 1 saturated heterocycles.